The number of halogens is 2. The summed E-state index contributed by atoms with van der Waals surface area (Å²) >= 11 is 5.65. The Kier molecular flexibility index (Phi) is 5.14. The molecule has 0 atom stereocenters. The van der Waals surface area contributed by atoms with Gasteiger partial charge >= 0.3 is 0 Å². The maximum Gasteiger partial charge on any atom is 0.258 e. The van der Waals surface area contributed by atoms with Gasteiger partial charge in [0, 0.05) is 48.2 Å². The lowest BCUT2D eigenvalue weighted by atomic mass is 9.44. The third-order valence-corrected chi connectivity index (χ3v) is 6.52. The maximum atomic E-state index is 13.5. The highest BCUT2D eigenvalue weighted by Gasteiger charge is 2.68. The van der Waals surface area contributed by atoms with Crippen LogP contribution in [0.15, 0.2) is 36.5 Å². The average molecular weight is 447 g/mol. The van der Waals surface area contributed by atoms with Gasteiger partial charge in [-0.15, -0.1) is 0 Å². The number of anilines is 2. The van der Waals surface area contributed by atoms with Crippen LogP contribution in [0.4, 0.5) is 15.9 Å². The SMILES string of the molecule is O=C(COc1ccc(Cl)c(F)c1)NC12CC(Nc3cc(N4CCOCC4)ccn3)(C1)C2. The Balaban J connectivity index is 1.10. The Hall–Kier alpha value is -2.58. The van der Waals surface area contributed by atoms with Crippen LogP contribution >= 0.6 is 11.6 Å². The van der Waals surface area contributed by atoms with Gasteiger partial charge < -0.3 is 25.0 Å². The first-order valence-corrected chi connectivity index (χ1v) is 10.8. The molecule has 2 heterocycles. The van der Waals surface area contributed by atoms with Gasteiger partial charge in [-0.25, -0.2) is 9.37 Å². The number of benzene rings is 1. The van der Waals surface area contributed by atoms with Crippen LogP contribution in [0, 0.1) is 5.82 Å². The second-order valence-corrected chi connectivity index (χ2v) is 9.03. The number of carbonyl (C=O) groups is 1. The number of hydrogen-bond donors (Lipinski definition) is 2. The minimum atomic E-state index is -0.571. The first-order valence-electron chi connectivity index (χ1n) is 10.4. The van der Waals surface area contributed by atoms with Gasteiger partial charge in [-0.1, -0.05) is 11.6 Å². The molecule has 0 radical (unpaired) electrons. The molecule has 3 saturated carbocycles. The summed E-state index contributed by atoms with van der Waals surface area (Å²) in [6.45, 7) is 3.09. The molecule has 2 aromatic rings. The molecular formula is C22H24ClFN4O3. The summed E-state index contributed by atoms with van der Waals surface area (Å²) in [5.74, 6) is 0.352. The van der Waals surface area contributed by atoms with Crippen molar-refractivity contribution in [1.82, 2.24) is 10.3 Å². The van der Waals surface area contributed by atoms with Crippen LogP contribution < -0.4 is 20.3 Å². The Morgan fingerprint density at radius 3 is 2.71 bits per heavy atom. The molecular weight excluding hydrogens is 423 g/mol. The van der Waals surface area contributed by atoms with Gasteiger partial charge in [-0.2, -0.15) is 0 Å². The summed E-state index contributed by atoms with van der Waals surface area (Å²) in [5, 5.41) is 6.65. The van der Waals surface area contributed by atoms with Crippen LogP contribution in [0.2, 0.25) is 5.02 Å². The van der Waals surface area contributed by atoms with E-state index >= 15 is 0 Å². The molecule has 1 aliphatic heterocycles. The second-order valence-electron chi connectivity index (χ2n) is 8.63. The molecule has 4 aliphatic rings. The van der Waals surface area contributed by atoms with Crippen molar-refractivity contribution in [3.05, 3.63) is 47.4 Å². The number of morpholine rings is 1. The highest BCUT2D eigenvalue weighted by atomic mass is 35.5. The fourth-order valence-corrected chi connectivity index (χ4v) is 5.00. The minimum Gasteiger partial charge on any atom is -0.484 e. The summed E-state index contributed by atoms with van der Waals surface area (Å²) in [6, 6.07) is 8.22. The standard InChI is InChI=1S/C22H24ClFN4O3/c23-17-2-1-16(10-18(17)24)31-11-20(29)27-22-12-21(13-22,14-22)26-19-9-15(3-4-25-19)28-5-7-30-8-6-28/h1-4,9-10H,5-8,11-14H2,(H,25,26)(H,27,29). The van der Waals surface area contributed by atoms with E-state index in [1.54, 1.807) is 0 Å². The number of carbonyl (C=O) groups excluding carboxylic acids is 1. The smallest absolute Gasteiger partial charge is 0.258 e. The van der Waals surface area contributed by atoms with E-state index in [1.807, 2.05) is 12.3 Å². The van der Waals surface area contributed by atoms with Crippen LogP contribution in [0.1, 0.15) is 19.3 Å². The van der Waals surface area contributed by atoms with Crippen molar-refractivity contribution in [3.8, 4) is 5.75 Å². The third-order valence-electron chi connectivity index (χ3n) is 6.21. The van der Waals surface area contributed by atoms with Crippen LogP contribution in [0.25, 0.3) is 0 Å². The average Bonchev–Trinajstić information content (AvgIpc) is 2.73. The summed E-state index contributed by atoms with van der Waals surface area (Å²) in [7, 11) is 0. The van der Waals surface area contributed by atoms with Crippen molar-refractivity contribution in [3.63, 3.8) is 0 Å². The fourth-order valence-electron chi connectivity index (χ4n) is 4.88. The molecule has 9 heteroatoms. The Morgan fingerprint density at radius 1 is 1.19 bits per heavy atom. The van der Waals surface area contributed by atoms with Gasteiger partial charge in [0.05, 0.1) is 18.2 Å². The molecule has 164 valence electrons. The quantitative estimate of drug-likeness (QED) is 0.681. The predicted molar refractivity (Wildman–Crippen MR) is 115 cm³/mol. The van der Waals surface area contributed by atoms with E-state index in [-0.39, 0.29) is 34.4 Å². The third kappa shape index (κ3) is 4.14. The molecule has 1 aromatic heterocycles. The minimum absolute atomic E-state index is 0.00984. The zero-order valence-corrected chi connectivity index (χ0v) is 17.8. The molecule has 7 nitrogen and oxygen atoms in total. The van der Waals surface area contributed by atoms with E-state index in [9.17, 15) is 9.18 Å². The molecule has 2 bridgehead atoms. The van der Waals surface area contributed by atoms with Gasteiger partial charge in [0.1, 0.15) is 17.4 Å². The molecule has 6 rings (SSSR count). The Bertz CT molecular complexity index is 979. The molecule has 4 fully saturated rings. The number of ether oxygens (including phenoxy) is 2. The summed E-state index contributed by atoms with van der Waals surface area (Å²) < 4.78 is 24.3. The van der Waals surface area contributed by atoms with Gasteiger partial charge in [-0.05, 0) is 37.5 Å². The normalized spacial score (nSPS) is 26.5. The Morgan fingerprint density at radius 2 is 1.97 bits per heavy atom. The number of pyridine rings is 1. The first-order chi connectivity index (χ1) is 14.9. The van der Waals surface area contributed by atoms with Gasteiger partial charge in [-0.3, -0.25) is 4.79 Å². The summed E-state index contributed by atoms with van der Waals surface area (Å²) in [5.41, 5.74) is 0.955. The largest absolute Gasteiger partial charge is 0.484 e. The highest BCUT2D eigenvalue weighted by Crippen LogP contribution is 2.61. The van der Waals surface area contributed by atoms with E-state index in [2.05, 4.69) is 26.6 Å². The summed E-state index contributed by atoms with van der Waals surface area (Å²) in [6.07, 6.45) is 4.38. The van der Waals surface area contributed by atoms with Crippen molar-refractivity contribution < 1.29 is 18.7 Å². The lowest BCUT2D eigenvalue weighted by Gasteiger charge is -2.70. The zero-order valence-electron chi connectivity index (χ0n) is 17.0. The van der Waals surface area contributed by atoms with Crippen LogP contribution in [-0.4, -0.2) is 54.9 Å². The number of nitrogens with zero attached hydrogens (tertiary/aromatic N) is 2. The van der Waals surface area contributed by atoms with Gasteiger partial charge in [0.15, 0.2) is 6.61 Å². The molecule has 1 saturated heterocycles. The fraction of sp³-hybridized carbons (Fsp3) is 0.455. The number of nitrogens with one attached hydrogen (secondary N) is 2. The molecule has 1 amide bonds. The molecule has 0 spiro atoms. The van der Waals surface area contributed by atoms with E-state index < -0.39 is 5.82 Å². The van der Waals surface area contributed by atoms with Gasteiger partial charge in [0.25, 0.3) is 5.91 Å². The first kappa shape index (κ1) is 20.3. The number of amides is 1. The molecule has 0 unspecified atom stereocenters. The lowest BCUT2D eigenvalue weighted by Crippen LogP contribution is -2.81. The van der Waals surface area contributed by atoms with Gasteiger partial charge in [0.2, 0.25) is 0 Å². The van der Waals surface area contributed by atoms with Crippen molar-refractivity contribution >= 4 is 29.0 Å². The Labute approximate surface area is 184 Å². The molecule has 1 aromatic carbocycles. The number of hydrogen-bond acceptors (Lipinski definition) is 6. The van der Waals surface area contributed by atoms with Crippen LogP contribution in [0.5, 0.6) is 5.75 Å². The number of aromatic nitrogens is 1. The van der Waals surface area contributed by atoms with Crippen molar-refractivity contribution in [2.24, 2.45) is 0 Å². The highest BCUT2D eigenvalue weighted by molar-refractivity contribution is 6.30. The molecule has 2 N–H and O–H groups in total. The van der Waals surface area contributed by atoms with E-state index in [4.69, 9.17) is 21.1 Å². The predicted octanol–water partition coefficient (Wildman–Crippen LogP) is 2.99. The maximum absolute atomic E-state index is 13.5. The monoisotopic (exact) mass is 446 g/mol. The molecule has 31 heavy (non-hydrogen) atoms. The van der Waals surface area contributed by atoms with Crippen LogP contribution in [-0.2, 0) is 9.53 Å². The van der Waals surface area contributed by atoms with Crippen molar-refractivity contribution in [1.29, 1.82) is 0 Å². The molecule has 3 aliphatic carbocycles. The zero-order chi connectivity index (χ0) is 21.5. The van der Waals surface area contributed by atoms with Crippen LogP contribution in [0.3, 0.4) is 0 Å². The van der Waals surface area contributed by atoms with E-state index in [0.29, 0.717) is 0 Å². The lowest BCUT2D eigenvalue weighted by molar-refractivity contribution is -0.135. The van der Waals surface area contributed by atoms with Crippen molar-refractivity contribution in [2.45, 2.75) is 30.3 Å². The van der Waals surface area contributed by atoms with E-state index in [0.717, 1.165) is 57.1 Å². The van der Waals surface area contributed by atoms with Crippen molar-refractivity contribution in [2.75, 3.05) is 43.1 Å². The number of rotatable bonds is 7. The second kappa shape index (κ2) is 7.84. The topological polar surface area (TPSA) is 75.7 Å². The summed E-state index contributed by atoms with van der Waals surface area (Å²) in [4.78, 5) is 19.0. The van der Waals surface area contributed by atoms with E-state index in [1.165, 1.54) is 18.2 Å².